The van der Waals surface area contributed by atoms with Crippen molar-refractivity contribution in [1.29, 1.82) is 0 Å². The highest BCUT2D eigenvalue weighted by molar-refractivity contribution is 7.92. The first-order valence-corrected chi connectivity index (χ1v) is 11.2. The van der Waals surface area contributed by atoms with E-state index in [2.05, 4.69) is 10.0 Å². The van der Waals surface area contributed by atoms with Crippen LogP contribution in [0.3, 0.4) is 0 Å². The lowest BCUT2D eigenvalue weighted by atomic mass is 10.1. The maximum Gasteiger partial charge on any atom is 0.261 e. The van der Waals surface area contributed by atoms with E-state index < -0.39 is 10.0 Å². The number of hydrogen-bond donors (Lipinski definition) is 2. The number of carbonyl (C=O) groups excluding carboxylic acids is 1. The molecule has 0 heterocycles. The van der Waals surface area contributed by atoms with Crippen LogP contribution in [-0.2, 0) is 14.8 Å². The van der Waals surface area contributed by atoms with Crippen LogP contribution in [0.5, 0.6) is 0 Å². The number of sulfonamides is 1. The quantitative estimate of drug-likeness (QED) is 0.388. The summed E-state index contributed by atoms with van der Waals surface area (Å²) in [6.07, 6.45) is 2.88. The number of benzene rings is 4. The number of halogens is 1. The van der Waals surface area contributed by atoms with Crippen molar-refractivity contribution in [3.8, 4) is 0 Å². The molecule has 0 bridgehead atoms. The molecule has 7 heteroatoms. The van der Waals surface area contributed by atoms with Crippen LogP contribution < -0.4 is 10.0 Å². The van der Waals surface area contributed by atoms with Crippen molar-refractivity contribution in [1.82, 2.24) is 0 Å². The molecule has 0 radical (unpaired) electrons. The molecule has 160 valence electrons. The zero-order chi connectivity index (χ0) is 22.6. The smallest absolute Gasteiger partial charge is 0.261 e. The van der Waals surface area contributed by atoms with Gasteiger partial charge in [0.15, 0.2) is 0 Å². The number of fused-ring (bicyclic) bond motifs is 1. The van der Waals surface area contributed by atoms with Crippen LogP contribution in [0.2, 0.25) is 0 Å². The number of rotatable bonds is 6. The molecular weight excluding hydrogens is 427 g/mol. The molecule has 1 amide bonds. The number of amides is 1. The normalized spacial score (nSPS) is 11.5. The first-order chi connectivity index (χ1) is 15.4. The topological polar surface area (TPSA) is 75.3 Å². The summed E-state index contributed by atoms with van der Waals surface area (Å²) in [5.74, 6) is -0.740. The van der Waals surface area contributed by atoms with Crippen molar-refractivity contribution in [3.63, 3.8) is 0 Å². The average Bonchev–Trinajstić information content (AvgIpc) is 2.79. The van der Waals surface area contributed by atoms with Gasteiger partial charge in [-0.2, -0.15) is 0 Å². The van der Waals surface area contributed by atoms with E-state index in [1.54, 1.807) is 30.3 Å². The number of nitrogens with one attached hydrogen (secondary N) is 2. The maximum absolute atomic E-state index is 12.9. The highest BCUT2D eigenvalue weighted by Crippen LogP contribution is 2.26. The third kappa shape index (κ3) is 5.01. The lowest BCUT2D eigenvalue weighted by molar-refractivity contribution is -0.111. The predicted octanol–water partition coefficient (Wildman–Crippen LogP) is 5.43. The molecule has 2 N–H and O–H groups in total. The molecule has 0 fully saturated rings. The largest absolute Gasteiger partial charge is 0.323 e. The number of hydrogen-bond acceptors (Lipinski definition) is 3. The van der Waals surface area contributed by atoms with Gasteiger partial charge in [-0.05, 0) is 59.5 Å². The fourth-order valence-electron chi connectivity index (χ4n) is 3.17. The summed E-state index contributed by atoms with van der Waals surface area (Å²) < 4.78 is 41.2. The van der Waals surface area contributed by atoms with Crippen molar-refractivity contribution in [2.45, 2.75) is 4.90 Å². The van der Waals surface area contributed by atoms with Crippen molar-refractivity contribution in [2.24, 2.45) is 0 Å². The van der Waals surface area contributed by atoms with E-state index in [0.29, 0.717) is 16.9 Å². The van der Waals surface area contributed by atoms with Gasteiger partial charge in [0.05, 0.1) is 10.6 Å². The van der Waals surface area contributed by atoms with Gasteiger partial charge in [-0.25, -0.2) is 12.8 Å². The second-order valence-electron chi connectivity index (χ2n) is 7.03. The molecule has 0 aliphatic heterocycles. The monoisotopic (exact) mass is 446 g/mol. The van der Waals surface area contributed by atoms with E-state index in [9.17, 15) is 17.6 Å². The Kier molecular flexibility index (Phi) is 6.00. The molecule has 5 nitrogen and oxygen atoms in total. The van der Waals surface area contributed by atoms with E-state index >= 15 is 0 Å². The minimum atomic E-state index is -3.81. The van der Waals surface area contributed by atoms with Crippen LogP contribution in [0.15, 0.2) is 102 Å². The van der Waals surface area contributed by atoms with Gasteiger partial charge in [0.1, 0.15) is 5.82 Å². The SMILES string of the molecule is O=C(/C=C/c1ccc(F)cc1)Nc1ccc(S(=O)(=O)Nc2cccc3ccccc23)cc1. The van der Waals surface area contributed by atoms with Crippen LogP contribution in [-0.4, -0.2) is 14.3 Å². The molecule has 0 atom stereocenters. The second-order valence-corrected chi connectivity index (χ2v) is 8.71. The van der Waals surface area contributed by atoms with E-state index in [-0.39, 0.29) is 16.6 Å². The lowest BCUT2D eigenvalue weighted by Crippen LogP contribution is -2.13. The number of anilines is 2. The van der Waals surface area contributed by atoms with Gasteiger partial charge in [0.2, 0.25) is 5.91 Å². The Morgan fingerprint density at radius 1 is 0.812 bits per heavy atom. The van der Waals surface area contributed by atoms with Crippen LogP contribution in [0.1, 0.15) is 5.56 Å². The lowest BCUT2D eigenvalue weighted by Gasteiger charge is -2.11. The Morgan fingerprint density at radius 3 is 2.25 bits per heavy atom. The standard InChI is InChI=1S/C25H19FN2O3S/c26-20-11-8-18(9-12-20)10-17-25(29)27-21-13-15-22(16-14-21)32(30,31)28-24-7-3-5-19-4-1-2-6-23(19)24/h1-17,28H,(H,27,29)/b17-10+. The summed E-state index contributed by atoms with van der Waals surface area (Å²) in [5.41, 5.74) is 1.62. The Morgan fingerprint density at radius 2 is 1.50 bits per heavy atom. The van der Waals surface area contributed by atoms with Gasteiger partial charge in [0.25, 0.3) is 10.0 Å². The van der Waals surface area contributed by atoms with Gasteiger partial charge in [0, 0.05) is 17.1 Å². The fourth-order valence-corrected chi connectivity index (χ4v) is 4.24. The van der Waals surface area contributed by atoms with Gasteiger partial charge >= 0.3 is 0 Å². The fraction of sp³-hybridized carbons (Fsp3) is 0. The Labute approximate surface area is 185 Å². The summed E-state index contributed by atoms with van der Waals surface area (Å²) in [7, 11) is -3.81. The van der Waals surface area contributed by atoms with Gasteiger partial charge < -0.3 is 5.32 Å². The summed E-state index contributed by atoms with van der Waals surface area (Å²) in [6, 6.07) is 24.5. The molecule has 4 aromatic carbocycles. The molecule has 0 saturated carbocycles. The maximum atomic E-state index is 12.9. The van der Waals surface area contributed by atoms with E-state index in [1.165, 1.54) is 42.5 Å². The summed E-state index contributed by atoms with van der Waals surface area (Å²) in [6.45, 7) is 0. The first kappa shape index (κ1) is 21.3. The highest BCUT2D eigenvalue weighted by atomic mass is 32.2. The van der Waals surface area contributed by atoms with Crippen LogP contribution in [0.25, 0.3) is 16.8 Å². The molecule has 0 saturated heterocycles. The molecule has 0 aliphatic rings. The van der Waals surface area contributed by atoms with E-state index in [0.717, 1.165) is 10.8 Å². The van der Waals surface area contributed by atoms with Crippen LogP contribution >= 0.6 is 0 Å². The zero-order valence-electron chi connectivity index (χ0n) is 16.8. The highest BCUT2D eigenvalue weighted by Gasteiger charge is 2.15. The second kappa shape index (κ2) is 9.03. The number of carbonyl (C=O) groups is 1. The van der Waals surface area contributed by atoms with Gasteiger partial charge in [-0.3, -0.25) is 9.52 Å². The molecule has 4 rings (SSSR count). The van der Waals surface area contributed by atoms with Crippen molar-refractivity contribution in [3.05, 3.63) is 108 Å². The first-order valence-electron chi connectivity index (χ1n) is 9.76. The predicted molar refractivity (Wildman–Crippen MR) is 125 cm³/mol. The minimum Gasteiger partial charge on any atom is -0.323 e. The molecule has 0 spiro atoms. The van der Waals surface area contributed by atoms with Crippen LogP contribution in [0, 0.1) is 5.82 Å². The summed E-state index contributed by atoms with van der Waals surface area (Å²) in [5, 5.41) is 4.39. The molecule has 0 unspecified atom stereocenters. The molecule has 32 heavy (non-hydrogen) atoms. The third-order valence-corrected chi connectivity index (χ3v) is 6.14. The van der Waals surface area contributed by atoms with E-state index in [4.69, 9.17) is 0 Å². The molecule has 0 aromatic heterocycles. The van der Waals surface area contributed by atoms with Gasteiger partial charge in [-0.1, -0.05) is 48.5 Å². The van der Waals surface area contributed by atoms with Crippen molar-refractivity contribution >= 4 is 44.2 Å². The van der Waals surface area contributed by atoms with Crippen molar-refractivity contribution < 1.29 is 17.6 Å². The molecule has 4 aromatic rings. The Hall–Kier alpha value is -3.97. The van der Waals surface area contributed by atoms with Crippen molar-refractivity contribution in [2.75, 3.05) is 10.0 Å². The zero-order valence-corrected chi connectivity index (χ0v) is 17.6. The summed E-state index contributed by atoms with van der Waals surface area (Å²) >= 11 is 0. The Balaban J connectivity index is 1.45. The minimum absolute atomic E-state index is 0.0743. The summed E-state index contributed by atoms with van der Waals surface area (Å²) in [4.78, 5) is 12.2. The Bertz CT molecular complexity index is 1390. The van der Waals surface area contributed by atoms with E-state index in [1.807, 2.05) is 30.3 Å². The van der Waals surface area contributed by atoms with Gasteiger partial charge in [-0.15, -0.1) is 0 Å². The average molecular weight is 447 g/mol. The molecular formula is C25H19FN2O3S. The molecule has 0 aliphatic carbocycles. The van der Waals surface area contributed by atoms with Crippen LogP contribution in [0.4, 0.5) is 15.8 Å². The third-order valence-electron chi connectivity index (χ3n) is 4.76.